The molecule has 5 nitrogen and oxygen atoms in total. The van der Waals surface area contributed by atoms with E-state index in [0.29, 0.717) is 25.6 Å². The summed E-state index contributed by atoms with van der Waals surface area (Å²) in [5, 5.41) is 3.10. The van der Waals surface area contributed by atoms with Gasteiger partial charge in [0.1, 0.15) is 0 Å². The minimum Gasteiger partial charge on any atom is -0.354 e. The van der Waals surface area contributed by atoms with E-state index >= 15 is 0 Å². The molecule has 24 heavy (non-hydrogen) atoms. The molecule has 1 aromatic carbocycles. The summed E-state index contributed by atoms with van der Waals surface area (Å²) in [4.78, 5) is 27.8. The lowest BCUT2D eigenvalue weighted by Gasteiger charge is -2.37. The average molecular weight is 331 g/mol. The summed E-state index contributed by atoms with van der Waals surface area (Å²) < 4.78 is 0. The van der Waals surface area contributed by atoms with E-state index in [1.54, 1.807) is 6.92 Å². The molecule has 0 radical (unpaired) electrons. The van der Waals surface area contributed by atoms with Crippen LogP contribution in [0.4, 0.5) is 0 Å². The Morgan fingerprint density at radius 1 is 1.12 bits per heavy atom. The lowest BCUT2D eigenvalue weighted by Crippen LogP contribution is -2.54. The van der Waals surface area contributed by atoms with Crippen molar-refractivity contribution in [2.24, 2.45) is 0 Å². The van der Waals surface area contributed by atoms with Crippen LogP contribution in [0.25, 0.3) is 0 Å². The molecule has 132 valence electrons. The fraction of sp³-hybridized carbons (Fsp3) is 0.579. The van der Waals surface area contributed by atoms with Crippen molar-refractivity contribution in [1.82, 2.24) is 15.1 Å². The Labute approximate surface area is 145 Å². The van der Waals surface area contributed by atoms with Crippen LogP contribution in [0.15, 0.2) is 30.3 Å². The number of carbonyl (C=O) groups excluding carboxylic acids is 2. The summed E-state index contributed by atoms with van der Waals surface area (Å²) in [5.74, 6) is 0.526. The zero-order valence-corrected chi connectivity index (χ0v) is 15.0. The highest BCUT2D eigenvalue weighted by Crippen LogP contribution is 2.18. The molecule has 0 aliphatic carbocycles. The van der Waals surface area contributed by atoms with E-state index in [0.717, 1.165) is 19.5 Å². The zero-order valence-electron chi connectivity index (χ0n) is 15.0. The van der Waals surface area contributed by atoms with Crippen LogP contribution in [0, 0.1) is 0 Å². The molecule has 0 aromatic heterocycles. The second kappa shape index (κ2) is 8.83. The number of hydrogen-bond acceptors (Lipinski definition) is 3. The van der Waals surface area contributed by atoms with Crippen LogP contribution in [0.3, 0.4) is 0 Å². The fourth-order valence-corrected chi connectivity index (χ4v) is 3.18. The number of nitrogens with one attached hydrogen (secondary N) is 1. The Morgan fingerprint density at radius 2 is 1.75 bits per heavy atom. The molecule has 0 spiro atoms. The minimum atomic E-state index is -0.160. The van der Waals surface area contributed by atoms with Crippen molar-refractivity contribution in [2.75, 3.05) is 32.7 Å². The Bertz CT molecular complexity index is 539. The molecule has 5 heteroatoms. The summed E-state index contributed by atoms with van der Waals surface area (Å²) in [6.07, 6.45) is 0.996. The summed E-state index contributed by atoms with van der Waals surface area (Å²) in [7, 11) is 0. The van der Waals surface area contributed by atoms with Crippen molar-refractivity contribution in [1.29, 1.82) is 0 Å². The number of benzene rings is 1. The van der Waals surface area contributed by atoms with E-state index in [1.165, 1.54) is 5.56 Å². The van der Waals surface area contributed by atoms with Crippen LogP contribution in [-0.4, -0.2) is 60.4 Å². The van der Waals surface area contributed by atoms with Gasteiger partial charge in [0, 0.05) is 45.6 Å². The van der Waals surface area contributed by atoms with Crippen LogP contribution in [-0.2, 0) is 9.59 Å². The highest BCUT2D eigenvalue weighted by molar-refractivity contribution is 5.81. The highest BCUT2D eigenvalue weighted by atomic mass is 16.2. The van der Waals surface area contributed by atoms with Gasteiger partial charge < -0.3 is 10.2 Å². The number of hydrogen-bond donors (Lipinski definition) is 1. The van der Waals surface area contributed by atoms with Gasteiger partial charge in [-0.25, -0.2) is 0 Å². The number of nitrogens with zero attached hydrogens (tertiary/aromatic N) is 2. The molecule has 2 atom stereocenters. The van der Waals surface area contributed by atoms with Crippen LogP contribution >= 0.6 is 0 Å². The largest absolute Gasteiger partial charge is 0.354 e. The summed E-state index contributed by atoms with van der Waals surface area (Å²) in [6.45, 7) is 9.27. The number of rotatable bonds is 6. The van der Waals surface area contributed by atoms with Gasteiger partial charge in [-0.2, -0.15) is 0 Å². The zero-order chi connectivity index (χ0) is 17.5. The first-order chi connectivity index (χ1) is 11.5. The van der Waals surface area contributed by atoms with Gasteiger partial charge in [-0.15, -0.1) is 0 Å². The van der Waals surface area contributed by atoms with Crippen molar-refractivity contribution in [3.63, 3.8) is 0 Å². The third kappa shape index (κ3) is 4.81. The molecule has 0 saturated carbocycles. The van der Waals surface area contributed by atoms with E-state index in [9.17, 15) is 9.59 Å². The average Bonchev–Trinajstić information content (AvgIpc) is 2.62. The molecule has 1 aliphatic rings. The van der Waals surface area contributed by atoms with E-state index in [2.05, 4.69) is 29.3 Å². The summed E-state index contributed by atoms with van der Waals surface area (Å²) in [6, 6.07) is 10.2. The van der Waals surface area contributed by atoms with Gasteiger partial charge in [0.15, 0.2) is 0 Å². The fourth-order valence-electron chi connectivity index (χ4n) is 3.18. The lowest BCUT2D eigenvalue weighted by molar-refractivity contribution is -0.132. The summed E-state index contributed by atoms with van der Waals surface area (Å²) >= 11 is 0. The van der Waals surface area contributed by atoms with Gasteiger partial charge in [-0.1, -0.05) is 37.3 Å². The van der Waals surface area contributed by atoms with E-state index < -0.39 is 0 Å². The van der Waals surface area contributed by atoms with Crippen molar-refractivity contribution in [2.45, 2.75) is 39.2 Å². The summed E-state index contributed by atoms with van der Waals surface area (Å²) in [5.41, 5.74) is 1.27. The van der Waals surface area contributed by atoms with E-state index in [4.69, 9.17) is 0 Å². The molecular weight excluding hydrogens is 302 g/mol. The standard InChI is InChI=1S/C19H29N3O2/c1-4-17(18-8-6-5-7-9-18)14-20-19(24)15(2)21-10-12-22(13-11-21)16(3)23/h5-9,15,17H,4,10-14H2,1-3H3,(H,20,24)/t15-,17+/m1/s1. The minimum absolute atomic E-state index is 0.0701. The van der Waals surface area contributed by atoms with Crippen molar-refractivity contribution in [3.05, 3.63) is 35.9 Å². The second-order valence-electron chi connectivity index (χ2n) is 6.48. The van der Waals surface area contributed by atoms with Gasteiger partial charge in [-0.3, -0.25) is 14.5 Å². The first kappa shape index (κ1) is 18.5. The van der Waals surface area contributed by atoms with Gasteiger partial charge >= 0.3 is 0 Å². The third-order valence-corrected chi connectivity index (χ3v) is 4.97. The normalized spacial score (nSPS) is 18.0. The Hall–Kier alpha value is -1.88. The number of carbonyl (C=O) groups is 2. The molecular formula is C19H29N3O2. The molecule has 1 N–H and O–H groups in total. The second-order valence-corrected chi connectivity index (χ2v) is 6.48. The molecule has 1 aromatic rings. The quantitative estimate of drug-likeness (QED) is 0.865. The molecule has 1 aliphatic heterocycles. The topological polar surface area (TPSA) is 52.7 Å². The van der Waals surface area contributed by atoms with Gasteiger partial charge in [0.2, 0.25) is 11.8 Å². The predicted molar refractivity (Wildman–Crippen MR) is 95.8 cm³/mol. The van der Waals surface area contributed by atoms with Crippen molar-refractivity contribution < 1.29 is 9.59 Å². The first-order valence-electron chi connectivity index (χ1n) is 8.85. The van der Waals surface area contributed by atoms with E-state index in [1.807, 2.05) is 30.0 Å². The Balaban J connectivity index is 1.82. The molecule has 0 bridgehead atoms. The van der Waals surface area contributed by atoms with Crippen LogP contribution in [0.5, 0.6) is 0 Å². The van der Waals surface area contributed by atoms with Gasteiger partial charge in [0.25, 0.3) is 0 Å². The highest BCUT2D eigenvalue weighted by Gasteiger charge is 2.26. The number of amides is 2. The maximum absolute atomic E-state index is 12.5. The van der Waals surface area contributed by atoms with Crippen molar-refractivity contribution >= 4 is 11.8 Å². The number of piperazine rings is 1. The maximum Gasteiger partial charge on any atom is 0.237 e. The lowest BCUT2D eigenvalue weighted by atomic mass is 9.96. The monoisotopic (exact) mass is 331 g/mol. The third-order valence-electron chi connectivity index (χ3n) is 4.97. The van der Waals surface area contributed by atoms with Crippen LogP contribution in [0.1, 0.15) is 38.7 Å². The molecule has 2 rings (SSSR count). The maximum atomic E-state index is 12.5. The van der Waals surface area contributed by atoms with Gasteiger partial charge in [-0.05, 0) is 18.9 Å². The smallest absolute Gasteiger partial charge is 0.237 e. The molecule has 2 amide bonds. The Morgan fingerprint density at radius 3 is 2.29 bits per heavy atom. The van der Waals surface area contributed by atoms with E-state index in [-0.39, 0.29) is 17.9 Å². The molecule has 1 saturated heterocycles. The van der Waals surface area contributed by atoms with Gasteiger partial charge in [0.05, 0.1) is 6.04 Å². The predicted octanol–water partition coefficient (Wildman–Crippen LogP) is 1.85. The molecule has 1 fully saturated rings. The molecule has 1 heterocycles. The van der Waals surface area contributed by atoms with Crippen LogP contribution < -0.4 is 5.32 Å². The SMILES string of the molecule is CC[C@@H](CNC(=O)[C@@H](C)N1CCN(C(C)=O)CC1)c1ccccc1. The molecule has 0 unspecified atom stereocenters. The first-order valence-corrected chi connectivity index (χ1v) is 8.85. The Kier molecular flexibility index (Phi) is 6.79. The van der Waals surface area contributed by atoms with Crippen LogP contribution in [0.2, 0.25) is 0 Å². The van der Waals surface area contributed by atoms with Crippen molar-refractivity contribution in [3.8, 4) is 0 Å².